The van der Waals surface area contributed by atoms with E-state index in [-0.39, 0.29) is 24.8 Å². The van der Waals surface area contributed by atoms with Gasteiger partial charge in [0.1, 0.15) is 0 Å². The van der Waals surface area contributed by atoms with Crippen LogP contribution in [0.25, 0.3) is 0 Å². The van der Waals surface area contributed by atoms with E-state index in [1.54, 1.807) is 20.9 Å². The largest absolute Gasteiger partial charge is 1.00 e. The minimum absolute atomic E-state index is 0. The van der Waals surface area contributed by atoms with Gasteiger partial charge in [-0.25, -0.2) is 0 Å². The molecule has 3 heteroatoms. The zero-order valence-corrected chi connectivity index (χ0v) is 22.1. The maximum Gasteiger partial charge on any atom is -1.00 e. The SMILES string of the molecule is CC1=C(C)C[C]([Zr+2]([C]2=CC(C)=C(C)C2)=[C](c2ccccc2)c2ccccc2)=C1.[Cl-].[Cl-]. The average Bonchev–Trinajstić information content (AvgIpc) is 3.22. The molecule has 0 radical (unpaired) electrons. The zero-order valence-electron chi connectivity index (χ0n) is 18.1. The van der Waals surface area contributed by atoms with Crippen LogP contribution < -0.4 is 24.8 Å². The van der Waals surface area contributed by atoms with Crippen molar-refractivity contribution in [1.29, 1.82) is 0 Å². The Bertz CT molecular complexity index is 983. The summed E-state index contributed by atoms with van der Waals surface area (Å²) in [5.41, 5.74) is 8.88. The molecule has 30 heavy (non-hydrogen) atoms. The Labute approximate surface area is 201 Å². The van der Waals surface area contributed by atoms with Crippen LogP contribution in [0.5, 0.6) is 0 Å². The Kier molecular flexibility index (Phi) is 9.04. The molecule has 0 unspecified atom stereocenters. The van der Waals surface area contributed by atoms with Crippen molar-refractivity contribution in [3.8, 4) is 0 Å². The van der Waals surface area contributed by atoms with E-state index >= 15 is 0 Å². The van der Waals surface area contributed by atoms with Crippen LogP contribution in [0.4, 0.5) is 0 Å². The summed E-state index contributed by atoms with van der Waals surface area (Å²) in [6.07, 6.45) is 7.39. The minimum Gasteiger partial charge on any atom is -1.00 e. The fourth-order valence-electron chi connectivity index (χ4n) is 4.23. The molecule has 0 aliphatic heterocycles. The second-order valence-corrected chi connectivity index (χ2v) is 14.3. The van der Waals surface area contributed by atoms with E-state index in [4.69, 9.17) is 0 Å². The van der Waals surface area contributed by atoms with Crippen molar-refractivity contribution in [2.45, 2.75) is 40.5 Å². The molecule has 0 fully saturated rings. The van der Waals surface area contributed by atoms with Crippen LogP contribution in [0, 0.1) is 0 Å². The molecule has 0 aromatic heterocycles. The quantitative estimate of drug-likeness (QED) is 0.574. The van der Waals surface area contributed by atoms with Gasteiger partial charge in [-0.3, -0.25) is 0 Å². The van der Waals surface area contributed by atoms with Crippen LogP contribution >= 0.6 is 0 Å². The van der Waals surface area contributed by atoms with E-state index in [2.05, 4.69) is 101 Å². The molecule has 0 saturated carbocycles. The van der Waals surface area contributed by atoms with Gasteiger partial charge < -0.3 is 24.8 Å². The maximum absolute atomic E-state index is 2.53. The Morgan fingerprint density at radius 3 is 1.27 bits per heavy atom. The van der Waals surface area contributed by atoms with Crippen molar-refractivity contribution in [2.75, 3.05) is 0 Å². The van der Waals surface area contributed by atoms with Gasteiger partial charge in [-0.05, 0) is 0 Å². The summed E-state index contributed by atoms with van der Waals surface area (Å²) < 4.78 is 5.09. The van der Waals surface area contributed by atoms with E-state index in [0.717, 1.165) is 0 Å². The molecule has 0 atom stereocenters. The fourth-order valence-corrected chi connectivity index (χ4v) is 13.0. The average molecular weight is 515 g/mol. The minimum atomic E-state index is -2.27. The van der Waals surface area contributed by atoms with Crippen molar-refractivity contribution < 1.29 is 46.1 Å². The summed E-state index contributed by atoms with van der Waals surface area (Å²) in [4.78, 5) is 0. The van der Waals surface area contributed by atoms with Crippen LogP contribution in [-0.4, -0.2) is 3.21 Å². The Morgan fingerprint density at radius 2 is 0.967 bits per heavy atom. The molecule has 2 aromatic rings. The zero-order chi connectivity index (χ0) is 19.7. The topological polar surface area (TPSA) is 0 Å². The van der Waals surface area contributed by atoms with Gasteiger partial charge in [-0.2, -0.15) is 0 Å². The molecule has 0 amide bonds. The monoisotopic (exact) mass is 512 g/mol. The predicted molar refractivity (Wildman–Crippen MR) is 118 cm³/mol. The first-order valence-corrected chi connectivity index (χ1v) is 13.8. The molecule has 0 N–H and O–H groups in total. The van der Waals surface area contributed by atoms with E-state index in [0.29, 0.717) is 0 Å². The standard InChI is InChI=1S/C13H10.2C7H9.2ClH.Zr/c1-3-7-12(8-4-1)11-13-9-5-2-6-10-13;2*1-6-4-3-5-7(6)2;;;/h1-10H;2*4H,5H2,1-2H3;2*1H;/q;;;;;+2/p-2. The Hall–Kier alpha value is -1.27. The number of benzene rings is 2. The molecule has 0 spiro atoms. The smallest absolute Gasteiger partial charge is 1.00 e. The van der Waals surface area contributed by atoms with Gasteiger partial charge in [-0.1, -0.05) is 0 Å². The normalized spacial score (nSPS) is 15.0. The summed E-state index contributed by atoms with van der Waals surface area (Å²) in [6.45, 7) is 9.18. The van der Waals surface area contributed by atoms with Crippen molar-refractivity contribution in [1.82, 2.24) is 0 Å². The molecule has 0 nitrogen and oxygen atoms in total. The third kappa shape index (κ3) is 5.13. The van der Waals surface area contributed by atoms with Crippen molar-refractivity contribution in [3.63, 3.8) is 0 Å². The maximum atomic E-state index is 2.53. The van der Waals surface area contributed by atoms with E-state index < -0.39 is 21.3 Å². The van der Waals surface area contributed by atoms with E-state index in [1.807, 2.05) is 0 Å². The summed E-state index contributed by atoms with van der Waals surface area (Å²) in [6, 6.07) is 22.3. The first-order valence-electron chi connectivity index (χ1n) is 10.1. The van der Waals surface area contributed by atoms with Gasteiger partial charge in [0, 0.05) is 0 Å². The van der Waals surface area contributed by atoms with Crippen molar-refractivity contribution in [2.24, 2.45) is 0 Å². The molecule has 4 rings (SSSR count). The van der Waals surface area contributed by atoms with E-state index in [1.165, 1.54) is 35.1 Å². The molecule has 0 heterocycles. The molecule has 0 bridgehead atoms. The van der Waals surface area contributed by atoms with Crippen LogP contribution in [0.2, 0.25) is 0 Å². The molecule has 0 saturated heterocycles. The van der Waals surface area contributed by atoms with Crippen LogP contribution in [0.1, 0.15) is 51.7 Å². The van der Waals surface area contributed by atoms with Gasteiger partial charge in [0.25, 0.3) is 0 Å². The molecular weight excluding hydrogens is 486 g/mol. The second-order valence-electron chi connectivity index (χ2n) is 8.10. The number of halogens is 2. The molecule has 2 aliphatic rings. The van der Waals surface area contributed by atoms with Crippen molar-refractivity contribution >= 4 is 3.21 Å². The number of hydrogen-bond acceptors (Lipinski definition) is 0. The van der Waals surface area contributed by atoms with Crippen LogP contribution in [0.15, 0.2) is 102 Å². The third-order valence-corrected chi connectivity index (χ3v) is 13.4. The Morgan fingerprint density at radius 1 is 0.600 bits per heavy atom. The molecule has 2 aliphatic carbocycles. The van der Waals surface area contributed by atoms with Gasteiger partial charge in [0.05, 0.1) is 0 Å². The van der Waals surface area contributed by atoms with Crippen LogP contribution in [-0.2, 0) is 21.3 Å². The second kappa shape index (κ2) is 10.9. The molecule has 2 aromatic carbocycles. The first kappa shape index (κ1) is 25.0. The first-order chi connectivity index (χ1) is 13.5. The van der Waals surface area contributed by atoms with Gasteiger partial charge in [0.2, 0.25) is 0 Å². The summed E-state index contributed by atoms with van der Waals surface area (Å²) >= 11 is -2.27. The number of rotatable bonds is 4. The summed E-state index contributed by atoms with van der Waals surface area (Å²) in [5.74, 6) is 0. The van der Waals surface area contributed by atoms with E-state index in [9.17, 15) is 0 Å². The van der Waals surface area contributed by atoms with Gasteiger partial charge in [-0.15, -0.1) is 0 Å². The Balaban J connectivity index is 0.00000160. The number of allylic oxidation sites excluding steroid dienone is 8. The third-order valence-electron chi connectivity index (χ3n) is 6.06. The fraction of sp³-hybridized carbons (Fsp3) is 0.222. The molecule has 154 valence electrons. The summed E-state index contributed by atoms with van der Waals surface area (Å²) in [7, 11) is 0. The van der Waals surface area contributed by atoms with Gasteiger partial charge in [0.15, 0.2) is 0 Å². The summed E-state index contributed by atoms with van der Waals surface area (Å²) in [5, 5.41) is 0. The number of hydrogen-bond donors (Lipinski definition) is 0. The predicted octanol–water partition coefficient (Wildman–Crippen LogP) is 1.13. The van der Waals surface area contributed by atoms with Gasteiger partial charge >= 0.3 is 178 Å². The van der Waals surface area contributed by atoms with Crippen molar-refractivity contribution in [3.05, 3.63) is 113 Å². The van der Waals surface area contributed by atoms with Crippen LogP contribution in [0.3, 0.4) is 0 Å². The molecular formula is C27H28Cl2Zr.